The molecule has 5 nitrogen and oxygen atoms in total. The summed E-state index contributed by atoms with van der Waals surface area (Å²) >= 11 is 0. The Morgan fingerprint density at radius 2 is 2.08 bits per heavy atom. The van der Waals surface area contributed by atoms with Crippen molar-refractivity contribution < 1.29 is 9.15 Å². The monoisotopic (exact) mass is 469 g/mol. The Hall–Kier alpha value is -1.96. The second kappa shape index (κ2) is 11.6. The molecule has 0 amide bonds. The average Bonchev–Trinajstić information content (AvgIpc) is 3.05. The molecule has 6 heteroatoms. The average molecular weight is 469 g/mol. The maximum absolute atomic E-state index is 5.69. The Labute approximate surface area is 172 Å². The third-order valence-electron chi connectivity index (χ3n) is 3.62. The van der Waals surface area contributed by atoms with E-state index in [1.54, 1.807) is 6.08 Å². The lowest BCUT2D eigenvalue weighted by Gasteiger charge is -2.16. The molecule has 1 unspecified atom stereocenters. The van der Waals surface area contributed by atoms with E-state index in [2.05, 4.69) is 22.2 Å². The fourth-order valence-electron chi connectivity index (χ4n) is 2.37. The van der Waals surface area contributed by atoms with Crippen LogP contribution in [0.15, 0.2) is 58.5 Å². The predicted octanol–water partition coefficient (Wildman–Crippen LogP) is 4.59. The number of aliphatic imine (C=N–C) groups is 1. The van der Waals surface area contributed by atoms with E-state index in [1.807, 2.05) is 57.2 Å². The van der Waals surface area contributed by atoms with Crippen molar-refractivity contribution >= 4 is 29.9 Å². The van der Waals surface area contributed by atoms with Crippen LogP contribution in [0.4, 0.5) is 0 Å². The highest BCUT2D eigenvalue weighted by Crippen LogP contribution is 2.19. The molecule has 2 rings (SSSR count). The van der Waals surface area contributed by atoms with Crippen LogP contribution in [0.5, 0.6) is 5.75 Å². The number of hydrogen-bond acceptors (Lipinski definition) is 3. The molecule has 0 fully saturated rings. The Morgan fingerprint density at radius 3 is 2.73 bits per heavy atom. The van der Waals surface area contributed by atoms with Gasteiger partial charge in [-0.25, -0.2) is 4.99 Å². The lowest BCUT2D eigenvalue weighted by Crippen LogP contribution is -2.38. The summed E-state index contributed by atoms with van der Waals surface area (Å²) < 4.78 is 11.4. The number of nitrogens with one attached hydrogen (secondary N) is 2. The minimum absolute atomic E-state index is 0. The summed E-state index contributed by atoms with van der Waals surface area (Å²) in [5, 5.41) is 6.63. The Morgan fingerprint density at radius 1 is 1.31 bits per heavy atom. The van der Waals surface area contributed by atoms with Crippen LogP contribution in [0.25, 0.3) is 0 Å². The van der Waals surface area contributed by atoms with Crippen molar-refractivity contribution in [2.75, 3.05) is 13.2 Å². The molecule has 26 heavy (non-hydrogen) atoms. The number of furan rings is 1. The number of rotatable bonds is 8. The zero-order valence-corrected chi connectivity index (χ0v) is 17.9. The fraction of sp³-hybridized carbons (Fsp3) is 0.350. The van der Waals surface area contributed by atoms with Crippen molar-refractivity contribution in [1.29, 1.82) is 0 Å². The summed E-state index contributed by atoms with van der Waals surface area (Å²) in [6.07, 6.45) is 1.73. The van der Waals surface area contributed by atoms with Crippen LogP contribution in [0, 0.1) is 6.92 Å². The lowest BCUT2D eigenvalue weighted by atomic mass is 10.2. The van der Waals surface area contributed by atoms with Gasteiger partial charge in [0.15, 0.2) is 5.96 Å². The summed E-state index contributed by atoms with van der Waals surface area (Å²) in [5.41, 5.74) is 1.03. The molecule has 142 valence electrons. The van der Waals surface area contributed by atoms with Crippen molar-refractivity contribution in [1.82, 2.24) is 10.6 Å². The molecule has 1 aromatic carbocycles. The molecule has 0 aliphatic carbocycles. The number of aryl methyl sites for hydroxylation is 1. The third kappa shape index (κ3) is 6.74. The van der Waals surface area contributed by atoms with Crippen LogP contribution in [0.2, 0.25) is 0 Å². The van der Waals surface area contributed by atoms with Crippen LogP contribution in [0.3, 0.4) is 0 Å². The lowest BCUT2D eigenvalue weighted by molar-refractivity contribution is 0.359. The van der Waals surface area contributed by atoms with E-state index < -0.39 is 0 Å². The number of ether oxygens (including phenoxy) is 1. The van der Waals surface area contributed by atoms with Crippen LogP contribution in [-0.2, 0) is 6.54 Å². The van der Waals surface area contributed by atoms with E-state index in [0.717, 1.165) is 35.3 Å². The van der Waals surface area contributed by atoms with E-state index in [9.17, 15) is 0 Å². The van der Waals surface area contributed by atoms with Gasteiger partial charge in [-0.3, -0.25) is 0 Å². The molecule has 0 saturated heterocycles. The largest absolute Gasteiger partial charge is 0.489 e. The normalized spacial score (nSPS) is 12.0. The summed E-state index contributed by atoms with van der Waals surface area (Å²) in [4.78, 5) is 4.67. The molecule has 0 bridgehead atoms. The molecule has 0 aliphatic rings. The molecule has 0 spiro atoms. The van der Waals surface area contributed by atoms with E-state index in [0.29, 0.717) is 13.2 Å². The SMILES string of the molecule is C=CCOc1ccccc1CN=C(NCC)NC(C)c1ccc(C)o1.I. The van der Waals surface area contributed by atoms with Crippen LogP contribution in [0.1, 0.15) is 37.0 Å². The van der Waals surface area contributed by atoms with Crippen molar-refractivity contribution in [3.63, 3.8) is 0 Å². The van der Waals surface area contributed by atoms with Gasteiger partial charge in [0.25, 0.3) is 0 Å². The van der Waals surface area contributed by atoms with Gasteiger partial charge < -0.3 is 19.8 Å². The van der Waals surface area contributed by atoms with Gasteiger partial charge in [0.05, 0.1) is 12.6 Å². The highest BCUT2D eigenvalue weighted by molar-refractivity contribution is 14.0. The molecule has 0 radical (unpaired) electrons. The summed E-state index contributed by atoms with van der Waals surface area (Å²) in [6.45, 7) is 11.5. The van der Waals surface area contributed by atoms with Crippen molar-refractivity contribution in [2.45, 2.75) is 33.4 Å². The van der Waals surface area contributed by atoms with Gasteiger partial charge in [-0.15, -0.1) is 24.0 Å². The van der Waals surface area contributed by atoms with Gasteiger partial charge in [-0.2, -0.15) is 0 Å². The van der Waals surface area contributed by atoms with E-state index in [4.69, 9.17) is 9.15 Å². The first-order valence-electron chi connectivity index (χ1n) is 8.56. The number of guanidine groups is 1. The number of para-hydroxylation sites is 1. The van der Waals surface area contributed by atoms with Crippen molar-refractivity contribution in [2.24, 2.45) is 4.99 Å². The summed E-state index contributed by atoms with van der Waals surface area (Å²) in [7, 11) is 0. The maximum Gasteiger partial charge on any atom is 0.192 e. The van der Waals surface area contributed by atoms with E-state index in [1.165, 1.54) is 0 Å². The molecule has 1 heterocycles. The number of halogens is 1. The Balaban J connectivity index is 0.00000338. The highest BCUT2D eigenvalue weighted by atomic mass is 127. The first-order valence-corrected chi connectivity index (χ1v) is 8.56. The molecule has 2 aromatic rings. The molecule has 0 saturated carbocycles. The Kier molecular flexibility index (Phi) is 9.87. The van der Waals surface area contributed by atoms with E-state index >= 15 is 0 Å². The van der Waals surface area contributed by atoms with E-state index in [-0.39, 0.29) is 30.0 Å². The van der Waals surface area contributed by atoms with Gasteiger partial charge >= 0.3 is 0 Å². The standard InChI is InChI=1S/C20H27N3O2.HI/c1-5-13-24-19-10-8-7-9-17(19)14-22-20(21-6-2)23-16(4)18-12-11-15(3)25-18;/h5,7-12,16H,1,6,13-14H2,2-4H3,(H2,21,22,23);1H. The quantitative estimate of drug-likeness (QED) is 0.257. The van der Waals surface area contributed by atoms with Gasteiger partial charge in [0, 0.05) is 12.1 Å². The topological polar surface area (TPSA) is 58.8 Å². The molecule has 1 aromatic heterocycles. The van der Waals surface area contributed by atoms with Crippen molar-refractivity contribution in [3.05, 3.63) is 66.1 Å². The number of hydrogen-bond donors (Lipinski definition) is 2. The van der Waals surface area contributed by atoms with Crippen LogP contribution < -0.4 is 15.4 Å². The smallest absolute Gasteiger partial charge is 0.192 e. The maximum atomic E-state index is 5.69. The third-order valence-corrected chi connectivity index (χ3v) is 3.62. The molecule has 2 N–H and O–H groups in total. The summed E-state index contributed by atoms with van der Waals surface area (Å²) in [5.74, 6) is 3.36. The highest BCUT2D eigenvalue weighted by Gasteiger charge is 2.11. The van der Waals surface area contributed by atoms with Gasteiger partial charge in [-0.1, -0.05) is 30.9 Å². The Bertz CT molecular complexity index is 713. The van der Waals surface area contributed by atoms with Crippen LogP contribution >= 0.6 is 24.0 Å². The van der Waals surface area contributed by atoms with Gasteiger partial charge in [-0.05, 0) is 39.0 Å². The van der Waals surface area contributed by atoms with Crippen molar-refractivity contribution in [3.8, 4) is 5.75 Å². The minimum Gasteiger partial charge on any atom is -0.489 e. The molecular weight excluding hydrogens is 441 g/mol. The van der Waals surface area contributed by atoms with Crippen LogP contribution in [-0.4, -0.2) is 19.1 Å². The van der Waals surface area contributed by atoms with Gasteiger partial charge in [0.1, 0.15) is 23.9 Å². The number of benzene rings is 1. The predicted molar refractivity (Wildman–Crippen MR) is 117 cm³/mol. The zero-order valence-electron chi connectivity index (χ0n) is 15.6. The molecule has 1 atom stereocenters. The fourth-order valence-corrected chi connectivity index (χ4v) is 2.37. The molecular formula is C20H28IN3O2. The first-order chi connectivity index (χ1) is 12.1. The number of nitrogens with zero attached hydrogens (tertiary/aromatic N) is 1. The first kappa shape index (κ1) is 22.1. The molecule has 0 aliphatic heterocycles. The second-order valence-corrected chi connectivity index (χ2v) is 5.72. The zero-order chi connectivity index (χ0) is 18.1. The second-order valence-electron chi connectivity index (χ2n) is 5.72. The summed E-state index contributed by atoms with van der Waals surface area (Å²) in [6, 6.07) is 11.9. The minimum atomic E-state index is 0. The van der Waals surface area contributed by atoms with Gasteiger partial charge in [0.2, 0.25) is 0 Å².